The second-order valence-corrected chi connectivity index (χ2v) is 6.00. The summed E-state index contributed by atoms with van der Waals surface area (Å²) >= 11 is 8.27. The molecule has 0 heterocycles. The van der Waals surface area contributed by atoms with Gasteiger partial charge < -0.3 is 11.1 Å². The van der Waals surface area contributed by atoms with Gasteiger partial charge in [0.15, 0.2) is 0 Å². The summed E-state index contributed by atoms with van der Waals surface area (Å²) in [5.41, 5.74) is 8.37. The van der Waals surface area contributed by atoms with Crippen molar-refractivity contribution in [2.75, 3.05) is 0 Å². The zero-order valence-corrected chi connectivity index (χ0v) is 13.7. The molecule has 0 saturated carbocycles. The quantitative estimate of drug-likeness (QED) is 0.804. The first-order valence-electron chi connectivity index (χ1n) is 6.44. The number of carbonyl (C=O) groups is 1. The molecular weight excluding hydrogens is 348 g/mol. The normalized spacial score (nSPS) is 10.1. The average molecular weight is 363 g/mol. The van der Waals surface area contributed by atoms with E-state index in [0.717, 1.165) is 21.2 Å². The number of benzene rings is 2. The molecule has 0 saturated heterocycles. The van der Waals surface area contributed by atoms with E-state index in [1.807, 2.05) is 48.5 Å². The van der Waals surface area contributed by atoms with E-state index in [1.165, 1.54) is 0 Å². The highest BCUT2D eigenvalue weighted by molar-refractivity contribution is 9.10. The van der Waals surface area contributed by atoms with Crippen molar-refractivity contribution >= 4 is 39.0 Å². The summed E-state index contributed by atoms with van der Waals surface area (Å²) in [5, 5.41) is 2.90. The van der Waals surface area contributed by atoms with Gasteiger partial charge in [0, 0.05) is 16.6 Å². The van der Waals surface area contributed by atoms with Crippen molar-refractivity contribution in [1.29, 1.82) is 0 Å². The van der Waals surface area contributed by atoms with Crippen LogP contribution in [0, 0.1) is 0 Å². The maximum atomic E-state index is 11.9. The van der Waals surface area contributed by atoms with E-state index in [-0.39, 0.29) is 5.91 Å². The maximum Gasteiger partial charge on any atom is 0.224 e. The molecule has 1 amide bonds. The molecule has 108 valence electrons. The maximum absolute atomic E-state index is 11.9. The number of amides is 1. The Morgan fingerprint density at radius 2 is 1.62 bits per heavy atom. The van der Waals surface area contributed by atoms with Crippen molar-refractivity contribution in [2.24, 2.45) is 5.73 Å². The fraction of sp³-hybridized carbons (Fsp3) is 0.125. The molecule has 0 radical (unpaired) electrons. The van der Waals surface area contributed by atoms with E-state index >= 15 is 0 Å². The summed E-state index contributed by atoms with van der Waals surface area (Å²) in [6.07, 6.45) is 0.373. The first-order chi connectivity index (χ1) is 10.0. The van der Waals surface area contributed by atoms with Crippen LogP contribution in [0.4, 0.5) is 0 Å². The van der Waals surface area contributed by atoms with Gasteiger partial charge in [-0.15, -0.1) is 0 Å². The average Bonchev–Trinajstić information content (AvgIpc) is 2.48. The van der Waals surface area contributed by atoms with Gasteiger partial charge in [-0.2, -0.15) is 0 Å². The molecule has 0 spiro atoms. The number of hydrogen-bond donors (Lipinski definition) is 2. The van der Waals surface area contributed by atoms with E-state index < -0.39 is 0 Å². The minimum absolute atomic E-state index is 0.00394. The zero-order valence-electron chi connectivity index (χ0n) is 11.3. The second kappa shape index (κ2) is 7.33. The number of nitrogens with one attached hydrogen (secondary N) is 1. The van der Waals surface area contributed by atoms with Gasteiger partial charge in [0.25, 0.3) is 0 Å². The highest BCUT2D eigenvalue weighted by Crippen LogP contribution is 2.11. The Balaban J connectivity index is 1.86. The number of rotatable bonds is 5. The Kier molecular flexibility index (Phi) is 5.47. The van der Waals surface area contributed by atoms with Crippen molar-refractivity contribution in [1.82, 2.24) is 5.32 Å². The molecular formula is C16H15BrN2OS. The SMILES string of the molecule is NC(=S)c1ccc(CNC(=O)Cc2ccc(Br)cc2)cc1. The minimum Gasteiger partial charge on any atom is -0.389 e. The number of thiocarbonyl (C=S) groups is 1. The molecule has 0 aliphatic heterocycles. The molecule has 2 rings (SSSR count). The van der Waals surface area contributed by atoms with E-state index in [4.69, 9.17) is 18.0 Å². The Morgan fingerprint density at radius 3 is 2.19 bits per heavy atom. The number of carbonyl (C=O) groups excluding carboxylic acids is 1. The molecule has 0 unspecified atom stereocenters. The summed E-state index contributed by atoms with van der Waals surface area (Å²) in [5.74, 6) is -0.00394. The largest absolute Gasteiger partial charge is 0.389 e. The first-order valence-corrected chi connectivity index (χ1v) is 7.64. The molecule has 3 N–H and O–H groups in total. The van der Waals surface area contributed by atoms with Crippen LogP contribution in [0.15, 0.2) is 53.0 Å². The lowest BCUT2D eigenvalue weighted by Gasteiger charge is -2.06. The predicted octanol–water partition coefficient (Wildman–Crippen LogP) is 2.94. The third-order valence-corrected chi connectivity index (χ3v) is 3.77. The number of nitrogens with two attached hydrogens (primary N) is 1. The summed E-state index contributed by atoms with van der Waals surface area (Å²) < 4.78 is 1.00. The van der Waals surface area contributed by atoms with Crippen LogP contribution in [0.5, 0.6) is 0 Å². The van der Waals surface area contributed by atoms with E-state index in [2.05, 4.69) is 21.2 Å². The lowest BCUT2D eigenvalue weighted by Crippen LogP contribution is -2.24. The van der Waals surface area contributed by atoms with Crippen LogP contribution in [0.2, 0.25) is 0 Å². The molecule has 0 bridgehead atoms. The van der Waals surface area contributed by atoms with Crippen LogP contribution < -0.4 is 11.1 Å². The fourth-order valence-corrected chi connectivity index (χ4v) is 2.24. The van der Waals surface area contributed by atoms with Crippen LogP contribution in [-0.4, -0.2) is 10.9 Å². The van der Waals surface area contributed by atoms with Crippen molar-refractivity contribution in [3.63, 3.8) is 0 Å². The van der Waals surface area contributed by atoms with Gasteiger partial charge in [-0.25, -0.2) is 0 Å². The van der Waals surface area contributed by atoms with Crippen molar-refractivity contribution < 1.29 is 4.79 Å². The lowest BCUT2D eigenvalue weighted by atomic mass is 10.1. The van der Waals surface area contributed by atoms with Gasteiger partial charge in [-0.1, -0.05) is 64.5 Å². The van der Waals surface area contributed by atoms with Crippen LogP contribution in [-0.2, 0) is 17.8 Å². The van der Waals surface area contributed by atoms with E-state index in [0.29, 0.717) is 18.0 Å². The van der Waals surface area contributed by atoms with Gasteiger partial charge in [-0.3, -0.25) is 4.79 Å². The molecule has 3 nitrogen and oxygen atoms in total. The Hall–Kier alpha value is -1.72. The molecule has 0 aromatic heterocycles. The molecule has 0 aliphatic rings. The summed E-state index contributed by atoms with van der Waals surface area (Å²) in [6.45, 7) is 0.493. The van der Waals surface area contributed by atoms with Gasteiger partial charge in [0.05, 0.1) is 6.42 Å². The lowest BCUT2D eigenvalue weighted by molar-refractivity contribution is -0.120. The Labute approximate surface area is 137 Å². The predicted molar refractivity (Wildman–Crippen MR) is 92.0 cm³/mol. The molecule has 0 aliphatic carbocycles. The molecule has 2 aromatic rings. The van der Waals surface area contributed by atoms with Crippen LogP contribution >= 0.6 is 28.1 Å². The van der Waals surface area contributed by atoms with Crippen molar-refractivity contribution in [3.8, 4) is 0 Å². The third-order valence-electron chi connectivity index (χ3n) is 3.01. The van der Waals surface area contributed by atoms with Crippen molar-refractivity contribution in [2.45, 2.75) is 13.0 Å². The van der Waals surface area contributed by atoms with Gasteiger partial charge in [0.2, 0.25) is 5.91 Å². The number of hydrogen-bond acceptors (Lipinski definition) is 2. The smallest absolute Gasteiger partial charge is 0.224 e. The van der Waals surface area contributed by atoms with E-state index in [1.54, 1.807) is 0 Å². The minimum atomic E-state index is -0.00394. The second-order valence-electron chi connectivity index (χ2n) is 4.64. The molecule has 21 heavy (non-hydrogen) atoms. The molecule has 0 fully saturated rings. The fourth-order valence-electron chi connectivity index (χ4n) is 1.84. The van der Waals surface area contributed by atoms with Gasteiger partial charge >= 0.3 is 0 Å². The van der Waals surface area contributed by atoms with Gasteiger partial charge in [-0.05, 0) is 23.3 Å². The first kappa shape index (κ1) is 15.7. The van der Waals surface area contributed by atoms with Crippen LogP contribution in [0.3, 0.4) is 0 Å². The summed E-state index contributed by atoms with van der Waals surface area (Å²) in [6, 6.07) is 15.3. The van der Waals surface area contributed by atoms with Crippen LogP contribution in [0.25, 0.3) is 0 Å². The highest BCUT2D eigenvalue weighted by atomic mass is 79.9. The van der Waals surface area contributed by atoms with Crippen LogP contribution in [0.1, 0.15) is 16.7 Å². The zero-order chi connectivity index (χ0) is 15.2. The topological polar surface area (TPSA) is 55.1 Å². The molecule has 5 heteroatoms. The standard InChI is InChI=1S/C16H15BrN2OS/c17-14-7-3-11(4-8-14)9-15(20)19-10-12-1-5-13(6-2-12)16(18)21/h1-8H,9-10H2,(H2,18,21)(H,19,20). The van der Waals surface area contributed by atoms with E-state index in [9.17, 15) is 4.79 Å². The highest BCUT2D eigenvalue weighted by Gasteiger charge is 2.04. The number of halogens is 1. The van der Waals surface area contributed by atoms with Gasteiger partial charge in [0.1, 0.15) is 4.99 Å². The molecule has 2 aromatic carbocycles. The third kappa shape index (κ3) is 4.95. The van der Waals surface area contributed by atoms with Crippen molar-refractivity contribution in [3.05, 3.63) is 69.7 Å². The summed E-state index contributed by atoms with van der Waals surface area (Å²) in [4.78, 5) is 12.3. The summed E-state index contributed by atoms with van der Waals surface area (Å²) in [7, 11) is 0. The Morgan fingerprint density at radius 1 is 1.05 bits per heavy atom. The Bertz CT molecular complexity index is 638. The monoisotopic (exact) mass is 362 g/mol. The molecule has 0 atom stereocenters.